The van der Waals surface area contributed by atoms with Gasteiger partial charge in [-0.05, 0) is 48.6 Å². The number of carbonyl (C=O) groups excluding carboxylic acids is 1. The van der Waals surface area contributed by atoms with Gasteiger partial charge in [0.05, 0.1) is 12.2 Å². The number of aliphatic imine (C=N–C) groups is 1. The first kappa shape index (κ1) is 21.0. The van der Waals surface area contributed by atoms with Gasteiger partial charge in [0, 0.05) is 18.1 Å². The minimum atomic E-state index is -1.60. The van der Waals surface area contributed by atoms with Crippen molar-refractivity contribution >= 4 is 29.5 Å². The Kier molecular flexibility index (Phi) is 4.98. The summed E-state index contributed by atoms with van der Waals surface area (Å²) < 4.78 is 12.1. The van der Waals surface area contributed by atoms with E-state index in [4.69, 9.17) is 21.1 Å². The number of benzene rings is 2. The zero-order valence-corrected chi connectivity index (χ0v) is 18.3. The number of ether oxygens (including phenoxy) is 2. The Morgan fingerprint density at radius 2 is 1.88 bits per heavy atom. The number of carboxylic acids is 1. The van der Waals surface area contributed by atoms with Crippen molar-refractivity contribution in [2.45, 2.75) is 43.5 Å². The lowest BCUT2D eigenvalue weighted by Crippen LogP contribution is -2.50. The molecule has 3 heterocycles. The van der Waals surface area contributed by atoms with Crippen molar-refractivity contribution in [3.05, 3.63) is 70.2 Å². The second-order valence-corrected chi connectivity index (χ2v) is 9.11. The third-order valence-corrected chi connectivity index (χ3v) is 7.17. The Labute approximate surface area is 190 Å². The molecule has 166 valence electrons. The van der Waals surface area contributed by atoms with Crippen LogP contribution in [0.1, 0.15) is 36.5 Å². The van der Waals surface area contributed by atoms with E-state index in [0.717, 1.165) is 12.8 Å². The topological polar surface area (TPSA) is 88.4 Å². The zero-order valence-electron chi connectivity index (χ0n) is 17.6. The molecule has 1 saturated heterocycles. The van der Waals surface area contributed by atoms with Crippen LogP contribution in [0.25, 0.3) is 0 Å². The summed E-state index contributed by atoms with van der Waals surface area (Å²) in [6, 6.07) is 14.8. The van der Waals surface area contributed by atoms with E-state index in [2.05, 4.69) is 17.1 Å². The fourth-order valence-corrected chi connectivity index (χ4v) is 5.01. The minimum absolute atomic E-state index is 0.183. The van der Waals surface area contributed by atoms with Gasteiger partial charge < -0.3 is 19.5 Å². The molecule has 3 aliphatic heterocycles. The van der Waals surface area contributed by atoms with Crippen LogP contribution in [0.2, 0.25) is 5.02 Å². The quantitative estimate of drug-likeness (QED) is 0.763. The molecule has 2 unspecified atom stereocenters. The van der Waals surface area contributed by atoms with Crippen molar-refractivity contribution < 1.29 is 24.2 Å². The van der Waals surface area contributed by atoms with E-state index in [-0.39, 0.29) is 11.6 Å². The summed E-state index contributed by atoms with van der Waals surface area (Å²) in [5, 5.41) is 10.5. The number of hydrogen-bond donors (Lipinski definition) is 1. The lowest BCUT2D eigenvalue weighted by molar-refractivity contribution is -0.150. The van der Waals surface area contributed by atoms with Gasteiger partial charge in [-0.2, -0.15) is 4.99 Å². The SMILES string of the molecule is CC(C(=O)O)(c1ccc(Cl)cc1)C1OC(N2CCC3(CC2)OCc2ccccc23)=NC1=O. The lowest BCUT2D eigenvalue weighted by atomic mass is 9.77. The number of likely N-dealkylation sites (tertiary alicyclic amines) is 1. The molecule has 2 atom stereocenters. The van der Waals surface area contributed by atoms with Crippen LogP contribution in [0, 0.1) is 0 Å². The summed E-state index contributed by atoms with van der Waals surface area (Å²) >= 11 is 5.95. The maximum atomic E-state index is 12.8. The normalized spacial score (nSPS) is 23.4. The molecular weight excluding hydrogens is 432 g/mol. The van der Waals surface area contributed by atoms with Crippen LogP contribution < -0.4 is 0 Å². The molecule has 0 saturated carbocycles. The molecule has 7 nitrogen and oxygen atoms in total. The van der Waals surface area contributed by atoms with Gasteiger partial charge in [0.15, 0.2) is 0 Å². The Bertz CT molecular complexity index is 1110. The largest absolute Gasteiger partial charge is 0.480 e. The van der Waals surface area contributed by atoms with Crippen LogP contribution in [-0.2, 0) is 36.7 Å². The zero-order chi connectivity index (χ0) is 22.5. The highest BCUT2D eigenvalue weighted by Crippen LogP contribution is 2.44. The van der Waals surface area contributed by atoms with Crippen molar-refractivity contribution in [2.75, 3.05) is 13.1 Å². The molecule has 1 spiro atoms. The predicted molar refractivity (Wildman–Crippen MR) is 117 cm³/mol. The van der Waals surface area contributed by atoms with Gasteiger partial charge in [-0.1, -0.05) is 48.0 Å². The first-order chi connectivity index (χ1) is 15.3. The predicted octanol–water partition coefficient (Wildman–Crippen LogP) is 3.49. The van der Waals surface area contributed by atoms with E-state index in [1.54, 1.807) is 24.3 Å². The number of carbonyl (C=O) groups is 2. The third kappa shape index (κ3) is 3.19. The lowest BCUT2D eigenvalue weighted by Gasteiger charge is -2.39. The number of fused-ring (bicyclic) bond motifs is 2. The van der Waals surface area contributed by atoms with Crippen molar-refractivity contribution in [3.8, 4) is 0 Å². The number of piperidine rings is 1. The molecule has 32 heavy (non-hydrogen) atoms. The maximum absolute atomic E-state index is 12.8. The summed E-state index contributed by atoms with van der Waals surface area (Å²) in [5.41, 5.74) is 0.944. The number of halogens is 1. The summed E-state index contributed by atoms with van der Waals surface area (Å²) in [6.07, 6.45) is 0.215. The Morgan fingerprint density at radius 1 is 1.19 bits per heavy atom. The van der Waals surface area contributed by atoms with Gasteiger partial charge >= 0.3 is 5.97 Å². The van der Waals surface area contributed by atoms with Crippen LogP contribution >= 0.6 is 11.6 Å². The molecule has 1 fully saturated rings. The van der Waals surface area contributed by atoms with Gasteiger partial charge in [-0.25, -0.2) is 0 Å². The highest BCUT2D eigenvalue weighted by atomic mass is 35.5. The molecule has 8 heteroatoms. The monoisotopic (exact) mass is 454 g/mol. The van der Waals surface area contributed by atoms with E-state index in [0.29, 0.717) is 30.3 Å². The van der Waals surface area contributed by atoms with Gasteiger partial charge in [0.2, 0.25) is 6.10 Å². The maximum Gasteiger partial charge on any atom is 0.318 e. The summed E-state index contributed by atoms with van der Waals surface area (Å²) in [6.45, 7) is 3.27. The summed E-state index contributed by atoms with van der Waals surface area (Å²) in [7, 11) is 0. The van der Waals surface area contributed by atoms with E-state index in [1.165, 1.54) is 18.1 Å². The minimum Gasteiger partial charge on any atom is -0.480 e. The molecule has 0 aromatic heterocycles. The van der Waals surface area contributed by atoms with Crippen LogP contribution in [0.15, 0.2) is 53.5 Å². The van der Waals surface area contributed by atoms with E-state index < -0.39 is 23.4 Å². The molecule has 0 bridgehead atoms. The number of amidine groups is 1. The fraction of sp³-hybridized carbons (Fsp3) is 0.375. The Hall–Kier alpha value is -2.90. The van der Waals surface area contributed by atoms with Crippen molar-refractivity contribution in [1.82, 2.24) is 4.90 Å². The summed E-state index contributed by atoms with van der Waals surface area (Å²) in [4.78, 5) is 31.0. The molecule has 1 amide bonds. The second kappa shape index (κ2) is 7.60. The third-order valence-electron chi connectivity index (χ3n) is 6.92. The van der Waals surface area contributed by atoms with Crippen LogP contribution in [0.5, 0.6) is 0 Å². The van der Waals surface area contributed by atoms with Gasteiger partial charge in [0.1, 0.15) is 5.41 Å². The average molecular weight is 455 g/mol. The van der Waals surface area contributed by atoms with Gasteiger partial charge in [-0.3, -0.25) is 9.59 Å². The number of aliphatic carboxylic acids is 1. The Balaban J connectivity index is 1.33. The highest BCUT2D eigenvalue weighted by molar-refractivity contribution is 6.30. The van der Waals surface area contributed by atoms with Crippen LogP contribution in [0.3, 0.4) is 0 Å². The molecule has 1 N–H and O–H groups in total. The molecule has 3 aliphatic rings. The van der Waals surface area contributed by atoms with E-state index in [1.807, 2.05) is 17.0 Å². The van der Waals surface area contributed by atoms with E-state index >= 15 is 0 Å². The van der Waals surface area contributed by atoms with Crippen LogP contribution in [-0.4, -0.2) is 47.1 Å². The van der Waals surface area contributed by atoms with Gasteiger partial charge in [-0.15, -0.1) is 0 Å². The number of nitrogens with zero attached hydrogens (tertiary/aromatic N) is 2. The Morgan fingerprint density at radius 3 is 2.56 bits per heavy atom. The summed E-state index contributed by atoms with van der Waals surface area (Å²) in [5.74, 6) is -1.76. The number of carboxylic acid groups (broad SMARTS) is 1. The average Bonchev–Trinajstić information content (AvgIpc) is 3.36. The highest BCUT2D eigenvalue weighted by Gasteiger charge is 2.53. The first-order valence-electron chi connectivity index (χ1n) is 10.6. The molecular formula is C24H23ClN2O5. The standard InChI is InChI=1S/C24H23ClN2O5/c1-23(21(29)30,16-6-8-17(25)9-7-16)19-20(28)26-22(32-19)27-12-10-24(11-13-27)18-5-3-2-4-15(18)14-31-24/h2-9,19H,10-14H2,1H3,(H,29,30). The molecule has 0 aliphatic carbocycles. The number of amides is 1. The van der Waals surface area contributed by atoms with Crippen LogP contribution in [0.4, 0.5) is 0 Å². The number of hydrogen-bond acceptors (Lipinski definition) is 5. The van der Waals surface area contributed by atoms with Gasteiger partial charge in [0.25, 0.3) is 11.9 Å². The molecule has 5 rings (SSSR count). The smallest absolute Gasteiger partial charge is 0.318 e. The number of rotatable bonds is 3. The second-order valence-electron chi connectivity index (χ2n) is 8.67. The first-order valence-corrected chi connectivity index (χ1v) is 11.0. The molecule has 0 radical (unpaired) electrons. The van der Waals surface area contributed by atoms with Crippen molar-refractivity contribution in [3.63, 3.8) is 0 Å². The van der Waals surface area contributed by atoms with E-state index in [9.17, 15) is 14.7 Å². The van der Waals surface area contributed by atoms with Crippen molar-refractivity contribution in [2.24, 2.45) is 4.99 Å². The van der Waals surface area contributed by atoms with Crippen molar-refractivity contribution in [1.29, 1.82) is 0 Å². The fourth-order valence-electron chi connectivity index (χ4n) is 4.89. The molecule has 2 aromatic rings. The molecule has 2 aromatic carbocycles.